The topological polar surface area (TPSA) is 78.4 Å². The second-order valence-electron chi connectivity index (χ2n) is 6.46. The number of carbonyl (C=O) groups is 2. The third-order valence-electron chi connectivity index (χ3n) is 3.36. The van der Waals surface area contributed by atoms with Crippen molar-refractivity contribution in [2.24, 2.45) is 5.41 Å². The Bertz CT molecular complexity index is 595. The SMILES string of the molecule is CC(C)(C)C(O)CCNC(=O)C(=O)Nc1cccc(C(F)(F)F)c1. The zero-order valence-electron chi connectivity index (χ0n) is 13.7. The van der Waals surface area contributed by atoms with Crippen molar-refractivity contribution >= 4 is 17.5 Å². The number of alkyl halides is 3. The van der Waals surface area contributed by atoms with Crippen molar-refractivity contribution in [3.8, 4) is 0 Å². The lowest BCUT2D eigenvalue weighted by atomic mass is 9.87. The normalized spacial score (nSPS) is 13.3. The first-order valence-electron chi connectivity index (χ1n) is 7.36. The zero-order chi connectivity index (χ0) is 18.5. The fourth-order valence-electron chi connectivity index (χ4n) is 1.80. The molecule has 0 aromatic heterocycles. The highest BCUT2D eigenvalue weighted by atomic mass is 19.4. The summed E-state index contributed by atoms with van der Waals surface area (Å²) >= 11 is 0. The van der Waals surface area contributed by atoms with Crippen molar-refractivity contribution in [2.75, 3.05) is 11.9 Å². The van der Waals surface area contributed by atoms with E-state index in [1.54, 1.807) is 0 Å². The summed E-state index contributed by atoms with van der Waals surface area (Å²) in [6.07, 6.45) is -4.94. The van der Waals surface area contributed by atoms with Crippen LogP contribution in [0.4, 0.5) is 18.9 Å². The Hall–Kier alpha value is -2.09. The molecule has 5 nitrogen and oxygen atoms in total. The number of aliphatic hydroxyl groups excluding tert-OH is 1. The summed E-state index contributed by atoms with van der Waals surface area (Å²) < 4.78 is 37.8. The van der Waals surface area contributed by atoms with Crippen LogP contribution in [0.15, 0.2) is 24.3 Å². The van der Waals surface area contributed by atoms with Gasteiger partial charge in [-0.05, 0) is 30.0 Å². The zero-order valence-corrected chi connectivity index (χ0v) is 13.7. The molecule has 24 heavy (non-hydrogen) atoms. The van der Waals surface area contributed by atoms with Gasteiger partial charge < -0.3 is 15.7 Å². The predicted molar refractivity (Wildman–Crippen MR) is 83.2 cm³/mol. The molecule has 1 rings (SSSR count). The van der Waals surface area contributed by atoms with Crippen molar-refractivity contribution in [3.05, 3.63) is 29.8 Å². The molecule has 0 aliphatic rings. The van der Waals surface area contributed by atoms with Gasteiger partial charge in [-0.3, -0.25) is 9.59 Å². The van der Waals surface area contributed by atoms with Crippen molar-refractivity contribution in [1.29, 1.82) is 0 Å². The van der Waals surface area contributed by atoms with E-state index in [2.05, 4.69) is 10.6 Å². The summed E-state index contributed by atoms with van der Waals surface area (Å²) in [5.41, 5.74) is -1.40. The molecule has 0 aliphatic heterocycles. The van der Waals surface area contributed by atoms with Crippen molar-refractivity contribution in [2.45, 2.75) is 39.5 Å². The van der Waals surface area contributed by atoms with Crippen molar-refractivity contribution in [3.63, 3.8) is 0 Å². The Labute approximate surface area is 138 Å². The number of amides is 2. The molecule has 0 saturated carbocycles. The minimum Gasteiger partial charge on any atom is -0.393 e. The lowest BCUT2D eigenvalue weighted by Gasteiger charge is -2.25. The average Bonchev–Trinajstić information content (AvgIpc) is 2.45. The van der Waals surface area contributed by atoms with Gasteiger partial charge in [0.2, 0.25) is 0 Å². The fourth-order valence-corrected chi connectivity index (χ4v) is 1.80. The minimum atomic E-state index is -4.54. The van der Waals surface area contributed by atoms with E-state index in [9.17, 15) is 27.9 Å². The molecule has 1 aromatic carbocycles. The number of carbonyl (C=O) groups excluding carboxylic acids is 2. The van der Waals surface area contributed by atoms with E-state index in [4.69, 9.17) is 0 Å². The number of hydrogen-bond acceptors (Lipinski definition) is 3. The molecule has 3 N–H and O–H groups in total. The first kappa shape index (κ1) is 20.0. The lowest BCUT2D eigenvalue weighted by Crippen LogP contribution is -2.38. The van der Waals surface area contributed by atoms with Crippen LogP contribution in [0.3, 0.4) is 0 Å². The van der Waals surface area contributed by atoms with E-state index in [-0.39, 0.29) is 24.1 Å². The maximum Gasteiger partial charge on any atom is 0.416 e. The summed E-state index contributed by atoms with van der Waals surface area (Å²) in [6, 6.07) is 4.00. The number of hydrogen-bond donors (Lipinski definition) is 3. The van der Waals surface area contributed by atoms with Gasteiger partial charge in [-0.2, -0.15) is 13.2 Å². The molecule has 0 fully saturated rings. The van der Waals surface area contributed by atoms with Gasteiger partial charge in [0.1, 0.15) is 0 Å². The molecule has 0 radical (unpaired) electrons. The average molecular weight is 346 g/mol. The van der Waals surface area contributed by atoms with Crippen LogP contribution in [0.5, 0.6) is 0 Å². The Kier molecular flexibility index (Phi) is 6.36. The minimum absolute atomic E-state index is 0.0767. The molecular weight excluding hydrogens is 325 g/mol. The van der Waals surface area contributed by atoms with E-state index in [1.165, 1.54) is 6.07 Å². The van der Waals surface area contributed by atoms with Gasteiger partial charge in [0.25, 0.3) is 0 Å². The van der Waals surface area contributed by atoms with Crippen molar-refractivity contribution < 1.29 is 27.9 Å². The second kappa shape index (κ2) is 7.65. The number of rotatable bonds is 4. The van der Waals surface area contributed by atoms with Gasteiger partial charge in [-0.25, -0.2) is 0 Å². The van der Waals surface area contributed by atoms with E-state index in [0.717, 1.165) is 18.2 Å². The maximum atomic E-state index is 12.6. The molecule has 8 heteroatoms. The van der Waals surface area contributed by atoms with E-state index < -0.39 is 29.7 Å². The highest BCUT2D eigenvalue weighted by molar-refractivity contribution is 6.39. The Morgan fingerprint density at radius 2 is 1.79 bits per heavy atom. The maximum absolute atomic E-state index is 12.6. The van der Waals surface area contributed by atoms with Crippen LogP contribution in [0.25, 0.3) is 0 Å². The summed E-state index contributed by atoms with van der Waals surface area (Å²) in [5, 5.41) is 14.2. The first-order chi connectivity index (χ1) is 10.9. The second-order valence-corrected chi connectivity index (χ2v) is 6.46. The Morgan fingerprint density at radius 3 is 2.33 bits per heavy atom. The first-order valence-corrected chi connectivity index (χ1v) is 7.36. The van der Waals surface area contributed by atoms with Crippen LogP contribution < -0.4 is 10.6 Å². The lowest BCUT2D eigenvalue weighted by molar-refractivity contribution is -0.137. The van der Waals surface area contributed by atoms with Crippen LogP contribution in [-0.2, 0) is 15.8 Å². The smallest absolute Gasteiger partial charge is 0.393 e. The summed E-state index contributed by atoms with van der Waals surface area (Å²) in [5.74, 6) is -2.05. The predicted octanol–water partition coefficient (Wildman–Crippen LogP) is 2.56. The largest absolute Gasteiger partial charge is 0.416 e. The number of halogens is 3. The molecule has 134 valence electrons. The van der Waals surface area contributed by atoms with Gasteiger partial charge in [-0.1, -0.05) is 26.8 Å². The molecule has 1 atom stereocenters. The van der Waals surface area contributed by atoms with Crippen LogP contribution >= 0.6 is 0 Å². The van der Waals surface area contributed by atoms with Crippen LogP contribution in [0.1, 0.15) is 32.8 Å². The number of aliphatic hydroxyl groups is 1. The Balaban J connectivity index is 2.55. The number of nitrogens with one attached hydrogen (secondary N) is 2. The van der Waals surface area contributed by atoms with Crippen LogP contribution in [-0.4, -0.2) is 29.6 Å². The molecule has 0 aliphatic carbocycles. The number of anilines is 1. The molecule has 2 amide bonds. The van der Waals surface area contributed by atoms with Gasteiger partial charge in [0.05, 0.1) is 11.7 Å². The summed E-state index contributed by atoms with van der Waals surface area (Å²) in [7, 11) is 0. The molecule has 0 bridgehead atoms. The van der Waals surface area contributed by atoms with E-state index >= 15 is 0 Å². The Morgan fingerprint density at radius 1 is 1.17 bits per heavy atom. The monoisotopic (exact) mass is 346 g/mol. The summed E-state index contributed by atoms with van der Waals surface area (Å²) in [4.78, 5) is 23.3. The van der Waals surface area contributed by atoms with Crippen LogP contribution in [0, 0.1) is 5.41 Å². The van der Waals surface area contributed by atoms with Gasteiger partial charge in [-0.15, -0.1) is 0 Å². The quantitative estimate of drug-likeness (QED) is 0.733. The van der Waals surface area contributed by atoms with Gasteiger partial charge in [0.15, 0.2) is 0 Å². The van der Waals surface area contributed by atoms with Crippen LogP contribution in [0.2, 0.25) is 0 Å². The molecule has 1 aromatic rings. The molecule has 1 unspecified atom stereocenters. The highest BCUT2D eigenvalue weighted by Gasteiger charge is 2.30. The van der Waals surface area contributed by atoms with E-state index in [1.807, 2.05) is 20.8 Å². The van der Waals surface area contributed by atoms with Gasteiger partial charge in [0, 0.05) is 12.2 Å². The third-order valence-corrected chi connectivity index (χ3v) is 3.36. The summed E-state index contributed by atoms with van der Waals surface area (Å²) in [6.45, 7) is 5.58. The molecule has 0 saturated heterocycles. The highest BCUT2D eigenvalue weighted by Crippen LogP contribution is 2.30. The third kappa shape index (κ3) is 6.19. The van der Waals surface area contributed by atoms with Crippen molar-refractivity contribution in [1.82, 2.24) is 5.32 Å². The number of benzene rings is 1. The van der Waals surface area contributed by atoms with E-state index in [0.29, 0.717) is 0 Å². The molecular formula is C16H21F3N2O3. The molecule has 0 heterocycles. The fraction of sp³-hybridized carbons (Fsp3) is 0.500. The standard InChI is InChI=1S/C16H21F3N2O3/c1-15(2,3)12(22)7-8-20-13(23)14(24)21-11-6-4-5-10(9-11)16(17,18)19/h4-6,9,12,22H,7-8H2,1-3H3,(H,20,23)(H,21,24). The molecule has 0 spiro atoms. The van der Waals surface area contributed by atoms with Gasteiger partial charge >= 0.3 is 18.0 Å².